The number of hydrogen-bond donors (Lipinski definition) is 4. The van der Waals surface area contributed by atoms with E-state index in [1.54, 1.807) is 9.47 Å². The Morgan fingerprint density at radius 1 is 1.33 bits per heavy atom. The Hall–Kier alpha value is -3.58. The van der Waals surface area contributed by atoms with Crippen LogP contribution in [0.3, 0.4) is 0 Å². The third-order valence-electron chi connectivity index (χ3n) is 5.34. The maximum Gasteiger partial charge on any atom is 0.341 e. The van der Waals surface area contributed by atoms with Crippen molar-refractivity contribution in [3.05, 3.63) is 33.9 Å². The second-order valence-corrected chi connectivity index (χ2v) is 7.66. The largest absolute Gasteiger partial charge is 0.480 e. The van der Waals surface area contributed by atoms with Crippen molar-refractivity contribution in [2.24, 2.45) is 22.5 Å². The molecule has 2 aromatic heterocycles. The lowest BCUT2D eigenvalue weighted by molar-refractivity contribution is -0.135. The van der Waals surface area contributed by atoms with E-state index < -0.39 is 23.2 Å². The van der Waals surface area contributed by atoms with Gasteiger partial charge in [-0.1, -0.05) is 5.16 Å². The number of aliphatic carboxylic acids is 1. The number of fused-ring (bicyclic) bond motifs is 1. The maximum absolute atomic E-state index is 14.9. The molecule has 1 aliphatic heterocycles. The van der Waals surface area contributed by atoms with E-state index in [-0.39, 0.29) is 40.9 Å². The third kappa shape index (κ3) is 5.09. The molecular formula is C20H25FN6O6. The molecule has 4 rings (SSSR count). The standard InChI is InChI=1S/C18H20FN5O4.C2H5NO2/c1-28-22-14-8-23(6-9(14)5-20)17-13(19)4-11-15(25)12(18(26)27)7-24(10-2-3-10)16(11)21-17;3-1-2(4)5/h4,7,9-10H,2-3,5-6,8,20H2,1H3,(H,26,27);1,3H2,(H,4,5)/b22-14+;. The number of rotatable bonds is 6. The average Bonchev–Trinajstić information content (AvgIpc) is 3.54. The van der Waals surface area contributed by atoms with Gasteiger partial charge < -0.3 is 36.0 Å². The summed E-state index contributed by atoms with van der Waals surface area (Å²) in [5.41, 5.74) is 10.2. The van der Waals surface area contributed by atoms with Gasteiger partial charge in [-0.15, -0.1) is 0 Å². The van der Waals surface area contributed by atoms with Gasteiger partial charge in [-0.2, -0.15) is 0 Å². The maximum atomic E-state index is 14.9. The number of pyridine rings is 2. The number of carboxylic acid groups (broad SMARTS) is 2. The fourth-order valence-electron chi connectivity index (χ4n) is 3.60. The van der Waals surface area contributed by atoms with E-state index in [2.05, 4.69) is 15.9 Å². The van der Waals surface area contributed by atoms with Crippen molar-refractivity contribution in [2.45, 2.75) is 18.9 Å². The van der Waals surface area contributed by atoms with E-state index in [4.69, 9.17) is 15.7 Å². The minimum Gasteiger partial charge on any atom is -0.480 e. The van der Waals surface area contributed by atoms with Gasteiger partial charge in [-0.25, -0.2) is 14.2 Å². The highest BCUT2D eigenvalue weighted by Crippen LogP contribution is 2.37. The molecule has 0 bridgehead atoms. The number of halogens is 1. The van der Waals surface area contributed by atoms with Gasteiger partial charge in [0.05, 0.1) is 24.2 Å². The molecule has 0 spiro atoms. The first-order valence-electron chi connectivity index (χ1n) is 10.2. The number of oxime groups is 1. The number of aromatic nitrogens is 2. The van der Waals surface area contributed by atoms with Gasteiger partial charge in [0.1, 0.15) is 18.3 Å². The summed E-state index contributed by atoms with van der Waals surface area (Å²) >= 11 is 0. The molecule has 178 valence electrons. The molecule has 13 heteroatoms. The van der Waals surface area contributed by atoms with Crippen LogP contribution in [0.2, 0.25) is 0 Å². The van der Waals surface area contributed by atoms with Crippen LogP contribution < -0.4 is 21.8 Å². The van der Waals surface area contributed by atoms with Gasteiger partial charge in [0.15, 0.2) is 11.6 Å². The van der Waals surface area contributed by atoms with Crippen LogP contribution in [0.5, 0.6) is 0 Å². The zero-order valence-corrected chi connectivity index (χ0v) is 17.9. The highest BCUT2D eigenvalue weighted by Gasteiger charge is 2.33. The molecule has 3 heterocycles. The van der Waals surface area contributed by atoms with Gasteiger partial charge in [-0.3, -0.25) is 9.59 Å². The monoisotopic (exact) mass is 464 g/mol. The SMILES string of the molecule is CO/N=C1\CN(c2nc3c(cc2F)c(=O)c(C(=O)O)cn3C2CC2)CC1CN.NCC(=O)O. The van der Waals surface area contributed by atoms with E-state index >= 15 is 0 Å². The molecule has 1 aliphatic carbocycles. The molecule has 2 fully saturated rings. The van der Waals surface area contributed by atoms with Gasteiger partial charge >= 0.3 is 11.9 Å². The summed E-state index contributed by atoms with van der Waals surface area (Å²) in [5.74, 6) is -2.99. The number of carbonyl (C=O) groups is 2. The Balaban J connectivity index is 0.000000555. The molecule has 1 saturated carbocycles. The molecule has 1 saturated heterocycles. The Bertz CT molecular complexity index is 1160. The average molecular weight is 464 g/mol. The molecule has 0 aromatic carbocycles. The molecule has 2 aromatic rings. The Morgan fingerprint density at radius 3 is 2.52 bits per heavy atom. The van der Waals surface area contributed by atoms with Crippen molar-refractivity contribution in [1.82, 2.24) is 9.55 Å². The fourth-order valence-corrected chi connectivity index (χ4v) is 3.60. The smallest absolute Gasteiger partial charge is 0.341 e. The number of anilines is 1. The summed E-state index contributed by atoms with van der Waals surface area (Å²) in [6.07, 6.45) is 3.02. The summed E-state index contributed by atoms with van der Waals surface area (Å²) in [5, 5.41) is 20.8. The van der Waals surface area contributed by atoms with E-state index in [1.165, 1.54) is 13.3 Å². The third-order valence-corrected chi connectivity index (χ3v) is 5.34. The van der Waals surface area contributed by atoms with E-state index in [9.17, 15) is 23.9 Å². The number of hydrogen-bond acceptors (Lipinski definition) is 9. The lowest BCUT2D eigenvalue weighted by atomic mass is 10.1. The van der Waals surface area contributed by atoms with Crippen molar-refractivity contribution in [2.75, 3.05) is 38.2 Å². The molecule has 1 atom stereocenters. The van der Waals surface area contributed by atoms with Crippen LogP contribution in [-0.4, -0.2) is 70.7 Å². The van der Waals surface area contributed by atoms with Crippen molar-refractivity contribution in [3.63, 3.8) is 0 Å². The topological polar surface area (TPSA) is 186 Å². The minimum absolute atomic E-state index is 0.0339. The predicted octanol–water partition coefficient (Wildman–Crippen LogP) is -0.00430. The normalized spacial score (nSPS) is 18.8. The van der Waals surface area contributed by atoms with Crippen molar-refractivity contribution in [1.29, 1.82) is 0 Å². The quantitative estimate of drug-likeness (QED) is 0.424. The molecule has 1 unspecified atom stereocenters. The van der Waals surface area contributed by atoms with Crippen LogP contribution in [0, 0.1) is 11.7 Å². The minimum atomic E-state index is -1.34. The molecule has 6 N–H and O–H groups in total. The Labute approximate surface area is 187 Å². The molecular weight excluding hydrogens is 439 g/mol. The first-order valence-corrected chi connectivity index (χ1v) is 10.2. The van der Waals surface area contributed by atoms with Gasteiger partial charge in [0, 0.05) is 31.2 Å². The van der Waals surface area contributed by atoms with Crippen LogP contribution in [0.15, 0.2) is 22.2 Å². The molecule has 0 radical (unpaired) electrons. The molecule has 0 amide bonds. The van der Waals surface area contributed by atoms with E-state index in [1.807, 2.05) is 0 Å². The zero-order chi connectivity index (χ0) is 24.3. The van der Waals surface area contributed by atoms with Gasteiger partial charge in [-0.05, 0) is 18.9 Å². The summed E-state index contributed by atoms with van der Waals surface area (Å²) in [4.78, 5) is 44.2. The highest BCUT2D eigenvalue weighted by atomic mass is 19.1. The molecule has 12 nitrogen and oxygen atoms in total. The summed E-state index contributed by atoms with van der Waals surface area (Å²) in [6.45, 7) is 0.795. The van der Waals surface area contributed by atoms with Crippen LogP contribution >= 0.6 is 0 Å². The van der Waals surface area contributed by atoms with Crippen molar-refractivity contribution in [3.8, 4) is 0 Å². The lowest BCUT2D eigenvalue weighted by Crippen LogP contribution is -2.26. The summed E-state index contributed by atoms with van der Waals surface area (Å²) in [6, 6.07) is 1.14. The molecule has 2 aliphatic rings. The van der Waals surface area contributed by atoms with Gasteiger partial charge in [0.2, 0.25) is 5.43 Å². The first-order chi connectivity index (χ1) is 15.7. The second kappa shape index (κ2) is 9.92. The van der Waals surface area contributed by atoms with Crippen LogP contribution in [0.25, 0.3) is 11.0 Å². The second-order valence-electron chi connectivity index (χ2n) is 7.66. The van der Waals surface area contributed by atoms with Crippen LogP contribution in [0.1, 0.15) is 29.2 Å². The van der Waals surface area contributed by atoms with E-state index in [0.717, 1.165) is 18.9 Å². The van der Waals surface area contributed by atoms with E-state index in [0.29, 0.717) is 25.3 Å². The Morgan fingerprint density at radius 2 is 2.00 bits per heavy atom. The highest BCUT2D eigenvalue weighted by molar-refractivity contribution is 5.95. The van der Waals surface area contributed by atoms with Gasteiger partial charge in [0.25, 0.3) is 0 Å². The predicted molar refractivity (Wildman–Crippen MR) is 117 cm³/mol. The summed E-state index contributed by atoms with van der Waals surface area (Å²) < 4.78 is 16.5. The fraction of sp³-hybridized carbons (Fsp3) is 0.450. The molecule has 33 heavy (non-hydrogen) atoms. The summed E-state index contributed by atoms with van der Waals surface area (Å²) in [7, 11) is 1.44. The van der Waals surface area contributed by atoms with Crippen LogP contribution in [0.4, 0.5) is 10.2 Å². The van der Waals surface area contributed by atoms with Crippen LogP contribution in [-0.2, 0) is 9.63 Å². The van der Waals surface area contributed by atoms with Crippen molar-refractivity contribution < 1.29 is 29.0 Å². The number of aromatic carboxylic acids is 1. The Kier molecular flexibility index (Phi) is 7.23. The zero-order valence-electron chi connectivity index (χ0n) is 17.9. The number of carboxylic acids is 2. The lowest BCUT2D eigenvalue weighted by Gasteiger charge is -2.19. The number of nitrogens with zero attached hydrogens (tertiary/aromatic N) is 4. The van der Waals surface area contributed by atoms with Crippen molar-refractivity contribution >= 4 is 34.5 Å². The number of nitrogens with two attached hydrogens (primary N) is 2. The first kappa shape index (κ1) is 24.1.